The summed E-state index contributed by atoms with van der Waals surface area (Å²) in [6.07, 6.45) is 6.74. The van der Waals surface area contributed by atoms with Crippen molar-refractivity contribution in [1.82, 2.24) is 24.5 Å². The Morgan fingerprint density at radius 3 is 2.50 bits per heavy atom. The van der Waals surface area contributed by atoms with Gasteiger partial charge in [0.2, 0.25) is 0 Å². The third-order valence-electron chi connectivity index (χ3n) is 8.83. The fraction of sp³-hybridized carbons (Fsp3) is 0.633. The number of halogens is 1. The van der Waals surface area contributed by atoms with E-state index < -0.39 is 16.0 Å². The molecule has 0 radical (unpaired) electrons. The number of amides is 1. The van der Waals surface area contributed by atoms with E-state index in [1.54, 1.807) is 11.1 Å². The molecule has 1 amide bonds. The Labute approximate surface area is 259 Å². The number of benzene rings is 1. The van der Waals surface area contributed by atoms with Crippen LogP contribution in [-0.4, -0.2) is 97.7 Å². The molecule has 2 aromatic rings. The molecule has 3 N–H and O–H groups in total. The van der Waals surface area contributed by atoms with Gasteiger partial charge >= 0.3 is 0 Å². The number of ether oxygens (including phenoxy) is 2. The summed E-state index contributed by atoms with van der Waals surface area (Å²) >= 11 is 0. The quantitative estimate of drug-likeness (QED) is 0.404. The molecule has 2 atom stereocenters. The average molecular weight is 634 g/mol. The van der Waals surface area contributed by atoms with E-state index in [1.165, 1.54) is 24.5 Å². The lowest BCUT2D eigenvalue weighted by molar-refractivity contribution is -0.0299. The second-order valence-electron chi connectivity index (χ2n) is 12.9. The molecule has 44 heavy (non-hydrogen) atoms. The highest BCUT2D eigenvalue weighted by Gasteiger charge is 2.46. The van der Waals surface area contributed by atoms with E-state index in [9.17, 15) is 17.6 Å². The minimum Gasteiger partial charge on any atom is -0.451 e. The Balaban J connectivity index is 1.18. The van der Waals surface area contributed by atoms with Crippen LogP contribution in [0.25, 0.3) is 0 Å². The lowest BCUT2D eigenvalue weighted by Gasteiger charge is -2.54. The summed E-state index contributed by atoms with van der Waals surface area (Å²) in [5, 5.41) is 5.09. The minimum absolute atomic E-state index is 0.0692. The molecule has 5 rings (SSSR count). The number of hydrogen-bond donors (Lipinski definition) is 2. The molecular formula is C30H44FN7O5S. The van der Waals surface area contributed by atoms with E-state index in [0.29, 0.717) is 24.6 Å². The molecule has 12 nitrogen and oxygen atoms in total. The molecule has 3 aliphatic heterocycles. The SMILES string of the molecule is CC(C)N(C(=O)c1cc(F)ccc1Oc1cncnc1N1CC2(CCN(C[C@@H]3CC[C@@H](NS(N)(=O)=O)CO3)CC2)C1)C(C)C. The van der Waals surface area contributed by atoms with Crippen molar-refractivity contribution in [1.29, 1.82) is 0 Å². The lowest BCUT2D eigenvalue weighted by atomic mass is 9.72. The normalized spacial score (nSPS) is 22.3. The number of piperidine rings is 1. The van der Waals surface area contributed by atoms with Crippen LogP contribution in [0.1, 0.15) is 63.7 Å². The molecule has 0 saturated carbocycles. The molecule has 1 aromatic heterocycles. The predicted molar refractivity (Wildman–Crippen MR) is 164 cm³/mol. The summed E-state index contributed by atoms with van der Waals surface area (Å²) in [5.41, 5.74) is 0.343. The van der Waals surface area contributed by atoms with Gasteiger partial charge in [0, 0.05) is 43.2 Å². The molecule has 1 spiro atoms. The fourth-order valence-electron chi connectivity index (χ4n) is 6.70. The third-order valence-corrected chi connectivity index (χ3v) is 9.49. The molecule has 3 aliphatic rings. The molecule has 4 heterocycles. The Bertz CT molecular complexity index is 1410. The molecule has 0 aliphatic carbocycles. The first kappa shape index (κ1) is 32.5. The van der Waals surface area contributed by atoms with E-state index in [0.717, 1.165) is 52.0 Å². The van der Waals surface area contributed by atoms with E-state index in [1.807, 2.05) is 27.7 Å². The van der Waals surface area contributed by atoms with Crippen molar-refractivity contribution in [2.24, 2.45) is 10.6 Å². The van der Waals surface area contributed by atoms with E-state index in [2.05, 4.69) is 24.5 Å². The van der Waals surface area contributed by atoms with Crippen molar-refractivity contribution in [2.45, 2.75) is 77.6 Å². The topological polar surface area (TPSA) is 143 Å². The monoisotopic (exact) mass is 633 g/mol. The molecular weight excluding hydrogens is 589 g/mol. The number of anilines is 1. The van der Waals surface area contributed by atoms with Gasteiger partial charge in [-0.15, -0.1) is 0 Å². The van der Waals surface area contributed by atoms with Crippen molar-refractivity contribution in [3.8, 4) is 11.5 Å². The van der Waals surface area contributed by atoms with Gasteiger partial charge in [0.1, 0.15) is 17.9 Å². The number of likely N-dealkylation sites (tertiary alicyclic amines) is 1. The average Bonchev–Trinajstić information content (AvgIpc) is 2.93. The number of nitrogens with zero attached hydrogens (tertiary/aromatic N) is 5. The Morgan fingerprint density at radius 2 is 1.89 bits per heavy atom. The number of rotatable bonds is 10. The number of carbonyl (C=O) groups is 1. The third kappa shape index (κ3) is 7.65. The second kappa shape index (κ2) is 13.2. The maximum absolute atomic E-state index is 14.3. The van der Waals surface area contributed by atoms with Gasteiger partial charge in [-0.1, -0.05) is 0 Å². The zero-order valence-electron chi connectivity index (χ0n) is 25.9. The van der Waals surface area contributed by atoms with E-state index in [-0.39, 0.29) is 46.9 Å². The molecule has 3 fully saturated rings. The van der Waals surface area contributed by atoms with Crippen LogP contribution in [-0.2, 0) is 14.9 Å². The van der Waals surface area contributed by atoms with Crippen LogP contribution in [0.15, 0.2) is 30.7 Å². The van der Waals surface area contributed by atoms with Crippen molar-refractivity contribution in [3.05, 3.63) is 42.1 Å². The van der Waals surface area contributed by atoms with Crippen LogP contribution in [0, 0.1) is 11.2 Å². The van der Waals surface area contributed by atoms with Crippen LogP contribution in [0.2, 0.25) is 0 Å². The number of carbonyl (C=O) groups excluding carboxylic acids is 1. The predicted octanol–water partition coefficient (Wildman–Crippen LogP) is 2.91. The summed E-state index contributed by atoms with van der Waals surface area (Å²) in [6.45, 7) is 12.5. The zero-order valence-corrected chi connectivity index (χ0v) is 26.7. The van der Waals surface area contributed by atoms with Crippen LogP contribution in [0.4, 0.5) is 10.2 Å². The summed E-state index contributed by atoms with van der Waals surface area (Å²) in [6, 6.07) is 3.59. The van der Waals surface area contributed by atoms with Gasteiger partial charge in [0.05, 0.1) is 24.5 Å². The number of aromatic nitrogens is 2. The molecule has 1 aromatic carbocycles. The Morgan fingerprint density at radius 1 is 1.18 bits per heavy atom. The van der Waals surface area contributed by atoms with Crippen molar-refractivity contribution in [3.63, 3.8) is 0 Å². The molecule has 0 bridgehead atoms. The van der Waals surface area contributed by atoms with Gasteiger partial charge in [-0.25, -0.2) is 19.5 Å². The number of hydrogen-bond acceptors (Lipinski definition) is 9. The largest absolute Gasteiger partial charge is 0.451 e. The number of nitrogens with one attached hydrogen (secondary N) is 1. The Kier molecular flexibility index (Phi) is 9.75. The molecule has 0 unspecified atom stereocenters. The zero-order chi connectivity index (χ0) is 31.6. The summed E-state index contributed by atoms with van der Waals surface area (Å²) in [5.74, 6) is 0.534. The summed E-state index contributed by atoms with van der Waals surface area (Å²) < 4.78 is 51.5. The van der Waals surface area contributed by atoms with Gasteiger partial charge in [-0.3, -0.25) is 4.79 Å². The number of nitrogens with two attached hydrogens (primary N) is 1. The first-order valence-corrected chi connectivity index (χ1v) is 16.9. The highest BCUT2D eigenvalue weighted by molar-refractivity contribution is 7.87. The van der Waals surface area contributed by atoms with Gasteiger partial charge in [0.25, 0.3) is 16.1 Å². The van der Waals surface area contributed by atoms with E-state index >= 15 is 0 Å². The van der Waals surface area contributed by atoms with Crippen LogP contribution in [0.3, 0.4) is 0 Å². The highest BCUT2D eigenvalue weighted by atomic mass is 32.2. The highest BCUT2D eigenvalue weighted by Crippen LogP contribution is 2.45. The first-order chi connectivity index (χ1) is 20.8. The standard InChI is InChI=1S/C30H44FN7O5S/c1-20(2)38(21(3)4)29(39)25-13-22(31)5-8-26(25)43-27-14-33-19-34-28(27)37-17-30(18-37)9-11-36(12-10-30)15-24-7-6-23(16-42-24)35-44(32,40)41/h5,8,13-14,19-21,23-24,35H,6-7,9-12,15-18H2,1-4H3,(H2,32,40,41)/t23-,24+/m1/s1. The maximum atomic E-state index is 14.3. The lowest BCUT2D eigenvalue weighted by Crippen LogP contribution is -2.61. The summed E-state index contributed by atoms with van der Waals surface area (Å²) in [7, 11) is -3.73. The molecule has 14 heteroatoms. The fourth-order valence-corrected chi connectivity index (χ4v) is 7.35. The van der Waals surface area contributed by atoms with E-state index in [4.69, 9.17) is 14.6 Å². The molecule has 3 saturated heterocycles. The van der Waals surface area contributed by atoms with Crippen molar-refractivity contribution >= 4 is 21.9 Å². The van der Waals surface area contributed by atoms with Crippen LogP contribution in [0.5, 0.6) is 11.5 Å². The van der Waals surface area contributed by atoms with Crippen molar-refractivity contribution in [2.75, 3.05) is 44.2 Å². The van der Waals surface area contributed by atoms with Gasteiger partial charge < -0.3 is 24.2 Å². The Hall–Kier alpha value is -2.91. The molecule has 242 valence electrons. The van der Waals surface area contributed by atoms with Crippen LogP contribution >= 0.6 is 0 Å². The van der Waals surface area contributed by atoms with Gasteiger partial charge in [0.15, 0.2) is 11.6 Å². The van der Waals surface area contributed by atoms with Gasteiger partial charge in [-0.2, -0.15) is 13.1 Å². The first-order valence-electron chi connectivity index (χ1n) is 15.3. The smallest absolute Gasteiger partial charge is 0.274 e. The van der Waals surface area contributed by atoms with Crippen molar-refractivity contribution < 1.29 is 27.1 Å². The second-order valence-corrected chi connectivity index (χ2v) is 14.2. The van der Waals surface area contributed by atoms with Crippen LogP contribution < -0.4 is 19.5 Å². The summed E-state index contributed by atoms with van der Waals surface area (Å²) in [4.78, 5) is 28.5. The van der Waals surface area contributed by atoms with Gasteiger partial charge in [-0.05, 0) is 84.7 Å². The maximum Gasteiger partial charge on any atom is 0.274 e. The minimum atomic E-state index is -3.73.